The maximum Gasteiger partial charge on any atom is 0.326 e. The number of thioether (sulfide) groups is 1. The highest BCUT2D eigenvalue weighted by molar-refractivity contribution is 7.99. The van der Waals surface area contributed by atoms with Crippen molar-refractivity contribution in [3.63, 3.8) is 0 Å². The lowest BCUT2D eigenvalue weighted by Gasteiger charge is -2.14. The topological polar surface area (TPSA) is 126 Å². The molecule has 0 spiro atoms. The van der Waals surface area contributed by atoms with Crippen molar-refractivity contribution in [3.8, 4) is 11.4 Å². The van der Waals surface area contributed by atoms with Gasteiger partial charge in [0.1, 0.15) is 11.8 Å². The van der Waals surface area contributed by atoms with Crippen molar-refractivity contribution in [1.82, 2.24) is 25.1 Å². The van der Waals surface area contributed by atoms with Gasteiger partial charge in [-0.1, -0.05) is 30.0 Å². The number of benzene rings is 1. The molecule has 1 amide bonds. The molecule has 0 aliphatic heterocycles. The molecular weight excluding hydrogens is 430 g/mol. The summed E-state index contributed by atoms with van der Waals surface area (Å²) in [4.78, 5) is 27.4. The Morgan fingerprint density at radius 3 is 2.81 bits per heavy atom. The molecule has 0 bridgehead atoms. The molecule has 0 saturated carbocycles. The molecule has 0 aliphatic rings. The van der Waals surface area contributed by atoms with Crippen molar-refractivity contribution in [2.45, 2.75) is 38.0 Å². The van der Waals surface area contributed by atoms with E-state index in [0.29, 0.717) is 17.5 Å². The van der Waals surface area contributed by atoms with Crippen LogP contribution in [0, 0.1) is 6.92 Å². The summed E-state index contributed by atoms with van der Waals surface area (Å²) in [5, 5.41) is 22.2. The van der Waals surface area contributed by atoms with Crippen molar-refractivity contribution >= 4 is 34.5 Å². The molecule has 0 radical (unpaired) electrons. The zero-order valence-corrected chi connectivity index (χ0v) is 18.5. The molecule has 10 heteroatoms. The average molecular weight is 454 g/mol. The lowest BCUT2D eigenvalue weighted by molar-refractivity contribution is -0.141. The number of carboxylic acid groups (broad SMARTS) is 1. The van der Waals surface area contributed by atoms with Crippen LogP contribution in [0.4, 0.5) is 0 Å². The van der Waals surface area contributed by atoms with E-state index in [1.165, 1.54) is 11.8 Å². The van der Waals surface area contributed by atoms with Crippen molar-refractivity contribution in [1.29, 1.82) is 0 Å². The monoisotopic (exact) mass is 453 g/mol. The highest BCUT2D eigenvalue weighted by Crippen LogP contribution is 2.27. The second-order valence-electron chi connectivity index (χ2n) is 7.25. The van der Waals surface area contributed by atoms with E-state index in [0.717, 1.165) is 27.8 Å². The largest absolute Gasteiger partial charge is 0.480 e. The van der Waals surface area contributed by atoms with Gasteiger partial charge in [0.05, 0.1) is 17.6 Å². The lowest BCUT2D eigenvalue weighted by atomic mass is 10.1. The summed E-state index contributed by atoms with van der Waals surface area (Å²) in [7, 11) is 0. The number of amides is 1. The van der Waals surface area contributed by atoms with Crippen molar-refractivity contribution in [2.75, 3.05) is 5.75 Å². The summed E-state index contributed by atoms with van der Waals surface area (Å²) < 4.78 is 7.25. The van der Waals surface area contributed by atoms with Crippen LogP contribution in [0.25, 0.3) is 22.3 Å². The molecule has 4 rings (SSSR count). The van der Waals surface area contributed by atoms with Crippen LogP contribution < -0.4 is 5.32 Å². The Bertz CT molecular complexity index is 1260. The summed E-state index contributed by atoms with van der Waals surface area (Å²) in [6.45, 7) is 4.44. The van der Waals surface area contributed by atoms with E-state index in [9.17, 15) is 14.7 Å². The maximum absolute atomic E-state index is 12.5. The average Bonchev–Trinajstić information content (AvgIpc) is 3.49. The highest BCUT2D eigenvalue weighted by atomic mass is 32.2. The van der Waals surface area contributed by atoms with E-state index in [2.05, 4.69) is 20.5 Å². The van der Waals surface area contributed by atoms with Crippen LogP contribution in [-0.4, -0.2) is 48.5 Å². The van der Waals surface area contributed by atoms with Gasteiger partial charge < -0.3 is 24.4 Å². The minimum atomic E-state index is -1.08. The van der Waals surface area contributed by atoms with Gasteiger partial charge in [0.25, 0.3) is 0 Å². The fourth-order valence-electron chi connectivity index (χ4n) is 3.58. The maximum atomic E-state index is 12.5. The number of aliphatic carboxylic acids is 1. The number of aryl methyl sites for hydroxylation is 1. The minimum absolute atomic E-state index is 0.0279. The summed E-state index contributed by atoms with van der Waals surface area (Å²) in [6.07, 6.45) is 3.56. The predicted molar refractivity (Wildman–Crippen MR) is 120 cm³/mol. The number of fused-ring (bicyclic) bond motifs is 1. The molecular formula is C22H23N5O4S. The smallest absolute Gasteiger partial charge is 0.326 e. The van der Waals surface area contributed by atoms with E-state index < -0.39 is 12.0 Å². The zero-order valence-electron chi connectivity index (χ0n) is 17.7. The second kappa shape index (κ2) is 9.31. The molecule has 32 heavy (non-hydrogen) atoms. The third-order valence-corrected chi connectivity index (χ3v) is 6.16. The molecule has 0 aliphatic carbocycles. The molecule has 0 unspecified atom stereocenters. The van der Waals surface area contributed by atoms with Gasteiger partial charge >= 0.3 is 5.97 Å². The number of nitrogens with zero attached hydrogens (tertiary/aromatic N) is 3. The van der Waals surface area contributed by atoms with E-state index in [1.54, 1.807) is 12.5 Å². The first-order valence-corrected chi connectivity index (χ1v) is 11.1. The Hall–Kier alpha value is -3.53. The number of hydrogen-bond acceptors (Lipinski definition) is 6. The molecule has 166 valence electrons. The Kier molecular flexibility index (Phi) is 6.31. The van der Waals surface area contributed by atoms with Crippen LogP contribution in [0.3, 0.4) is 0 Å². The number of nitrogens with one attached hydrogen (secondary N) is 2. The number of carbonyl (C=O) groups excluding carboxylic acids is 1. The van der Waals surface area contributed by atoms with E-state index in [4.69, 9.17) is 4.42 Å². The molecule has 0 saturated heterocycles. The van der Waals surface area contributed by atoms with Crippen LogP contribution in [0.15, 0.2) is 52.4 Å². The number of H-pyrrole nitrogens is 1. The molecule has 3 N–H and O–H groups in total. The summed E-state index contributed by atoms with van der Waals surface area (Å²) in [5.74, 6) is -0.0235. The molecule has 0 fully saturated rings. The number of aromatic amines is 1. The Morgan fingerprint density at radius 2 is 2.09 bits per heavy atom. The summed E-state index contributed by atoms with van der Waals surface area (Å²) in [5.41, 5.74) is 2.61. The van der Waals surface area contributed by atoms with Gasteiger partial charge in [-0.05, 0) is 31.5 Å². The number of para-hydroxylation sites is 1. The van der Waals surface area contributed by atoms with Gasteiger partial charge in [-0.2, -0.15) is 0 Å². The molecule has 3 aromatic heterocycles. The molecule has 3 heterocycles. The van der Waals surface area contributed by atoms with Crippen LogP contribution in [-0.2, 0) is 22.6 Å². The second-order valence-corrected chi connectivity index (χ2v) is 8.19. The van der Waals surface area contributed by atoms with Crippen molar-refractivity contribution < 1.29 is 19.1 Å². The molecule has 4 aromatic rings. The quantitative estimate of drug-likeness (QED) is 0.332. The van der Waals surface area contributed by atoms with Crippen molar-refractivity contribution in [2.24, 2.45) is 0 Å². The summed E-state index contributed by atoms with van der Waals surface area (Å²) >= 11 is 1.22. The van der Waals surface area contributed by atoms with E-state index in [1.807, 2.05) is 48.7 Å². The van der Waals surface area contributed by atoms with Crippen LogP contribution in [0.1, 0.15) is 18.2 Å². The van der Waals surface area contributed by atoms with Crippen molar-refractivity contribution in [3.05, 3.63) is 54.1 Å². The van der Waals surface area contributed by atoms with Gasteiger partial charge in [0.15, 0.2) is 11.0 Å². The molecule has 9 nitrogen and oxygen atoms in total. The number of furan rings is 1. The third kappa shape index (κ3) is 4.40. The first kappa shape index (κ1) is 21.7. The normalized spacial score (nSPS) is 12.2. The first-order chi connectivity index (χ1) is 15.5. The third-order valence-electron chi connectivity index (χ3n) is 5.20. The van der Waals surface area contributed by atoms with Gasteiger partial charge in [0.2, 0.25) is 5.91 Å². The number of hydrogen-bond donors (Lipinski definition) is 3. The van der Waals surface area contributed by atoms with Gasteiger partial charge in [-0.3, -0.25) is 4.79 Å². The van der Waals surface area contributed by atoms with E-state index in [-0.39, 0.29) is 18.1 Å². The SMILES string of the molecule is CCn1c(SCC(=O)N[C@H](Cc2c[nH]c3ccccc23)C(=O)O)nnc1-c1ccoc1C. The number of rotatable bonds is 9. The van der Waals surface area contributed by atoms with Gasteiger partial charge in [0, 0.05) is 30.1 Å². The predicted octanol–water partition coefficient (Wildman–Crippen LogP) is 3.25. The lowest BCUT2D eigenvalue weighted by Crippen LogP contribution is -2.43. The fraction of sp³-hybridized carbons (Fsp3) is 0.273. The Labute approximate surface area is 188 Å². The Morgan fingerprint density at radius 1 is 1.28 bits per heavy atom. The van der Waals surface area contributed by atoms with Crippen LogP contribution in [0.2, 0.25) is 0 Å². The first-order valence-electron chi connectivity index (χ1n) is 10.2. The highest BCUT2D eigenvalue weighted by Gasteiger charge is 2.23. The van der Waals surface area contributed by atoms with Crippen LogP contribution >= 0.6 is 11.8 Å². The fourth-order valence-corrected chi connectivity index (χ4v) is 4.40. The number of carboxylic acids is 1. The molecule has 1 atom stereocenters. The number of aromatic nitrogens is 4. The Balaban J connectivity index is 1.42. The van der Waals surface area contributed by atoms with E-state index >= 15 is 0 Å². The standard InChI is InChI=1S/C22H23N5O4S/c1-3-27-20(15-8-9-31-13(15)2)25-26-22(27)32-12-19(28)24-18(21(29)30)10-14-11-23-17-7-5-4-6-16(14)17/h4-9,11,18,23H,3,10,12H2,1-2H3,(H,24,28)(H,29,30)/t18-/m1/s1. The zero-order chi connectivity index (χ0) is 22.7. The molecule has 1 aromatic carbocycles. The van der Waals surface area contributed by atoms with Gasteiger partial charge in [-0.15, -0.1) is 10.2 Å². The summed E-state index contributed by atoms with van der Waals surface area (Å²) in [6, 6.07) is 8.45. The van der Waals surface area contributed by atoms with Gasteiger partial charge in [-0.25, -0.2) is 4.79 Å². The number of carbonyl (C=O) groups is 2. The van der Waals surface area contributed by atoms with Crippen LogP contribution in [0.5, 0.6) is 0 Å². The minimum Gasteiger partial charge on any atom is -0.480 e.